The lowest BCUT2D eigenvalue weighted by molar-refractivity contribution is -0.130. The van der Waals surface area contributed by atoms with Crippen molar-refractivity contribution in [3.8, 4) is 0 Å². The van der Waals surface area contributed by atoms with Crippen LogP contribution in [0.25, 0.3) is 0 Å². The van der Waals surface area contributed by atoms with Crippen LogP contribution in [0.5, 0.6) is 0 Å². The molecule has 266 valence electrons. The maximum absolute atomic E-state index is 10.8. The number of aliphatic hydroxyl groups is 7. The van der Waals surface area contributed by atoms with Crippen molar-refractivity contribution in [1.82, 2.24) is 30.0 Å². The van der Waals surface area contributed by atoms with Crippen LogP contribution in [0.3, 0.4) is 0 Å². The van der Waals surface area contributed by atoms with Gasteiger partial charge in [-0.15, -0.1) is 10.2 Å². The SMILES string of the molecule is N[C@@H]1C[C@H](N)[C@@H](OCCCc2cn([C@@H]3C[C@H](n4cc(CCCO[C@H]5[C@H](O)[C@@H](O)[C@H](N)C[C@@H]5N)nn4)[C@@H](O)C(O)[C@H]3O)nn2)[C@H](O)[C@H]1O. The van der Waals surface area contributed by atoms with Crippen molar-refractivity contribution in [1.29, 1.82) is 0 Å². The number of aryl methyl sites for hydroxylation is 2. The molecule has 3 saturated carbocycles. The maximum Gasteiger partial charge on any atom is 0.110 e. The van der Waals surface area contributed by atoms with Gasteiger partial charge in [-0.1, -0.05) is 10.4 Å². The molecule has 3 aliphatic rings. The molecule has 0 aromatic carbocycles. The zero-order chi connectivity index (χ0) is 34.0. The smallest absolute Gasteiger partial charge is 0.110 e. The molecule has 2 heterocycles. The van der Waals surface area contributed by atoms with E-state index >= 15 is 0 Å². The van der Waals surface area contributed by atoms with Gasteiger partial charge in [0, 0.05) is 49.8 Å². The molecule has 0 amide bonds. The minimum absolute atomic E-state index is 0.182. The summed E-state index contributed by atoms with van der Waals surface area (Å²) in [6.07, 6.45) is -4.03. The topological polar surface area (TPSA) is 326 Å². The summed E-state index contributed by atoms with van der Waals surface area (Å²) in [6, 6.07) is -3.65. The van der Waals surface area contributed by atoms with E-state index in [4.69, 9.17) is 32.4 Å². The molecule has 0 radical (unpaired) electrons. The Kier molecular flexibility index (Phi) is 11.9. The fourth-order valence-electron chi connectivity index (χ4n) is 6.86. The lowest BCUT2D eigenvalue weighted by Crippen LogP contribution is -2.62. The van der Waals surface area contributed by atoms with Crippen LogP contribution >= 0.6 is 0 Å². The Bertz CT molecular complexity index is 1180. The number of ether oxygens (including phenoxy) is 2. The predicted octanol–water partition coefficient (Wildman–Crippen LogP) is -5.67. The second-order valence-corrected chi connectivity index (χ2v) is 13.2. The highest BCUT2D eigenvalue weighted by atomic mass is 16.5. The molecule has 15 atom stereocenters. The summed E-state index contributed by atoms with van der Waals surface area (Å²) in [5.41, 5.74) is 24.9. The van der Waals surface area contributed by atoms with E-state index in [0.717, 1.165) is 0 Å². The van der Waals surface area contributed by atoms with Gasteiger partial charge in [-0.05, 0) is 44.9 Å². The third-order valence-corrected chi connectivity index (χ3v) is 9.72. The highest BCUT2D eigenvalue weighted by Gasteiger charge is 2.46. The molecule has 47 heavy (non-hydrogen) atoms. The summed E-state index contributed by atoms with van der Waals surface area (Å²) < 4.78 is 14.4. The molecule has 2 aromatic heterocycles. The summed E-state index contributed by atoms with van der Waals surface area (Å²) in [7, 11) is 0. The van der Waals surface area contributed by atoms with Gasteiger partial charge in [0.1, 0.15) is 42.7 Å². The van der Waals surface area contributed by atoms with Crippen molar-refractivity contribution in [2.75, 3.05) is 13.2 Å². The van der Waals surface area contributed by atoms with E-state index in [-0.39, 0.29) is 19.6 Å². The molecule has 2 aromatic rings. The van der Waals surface area contributed by atoms with Crippen LogP contribution in [0.2, 0.25) is 0 Å². The van der Waals surface area contributed by atoms with Gasteiger partial charge in [-0.3, -0.25) is 0 Å². The molecule has 3 aliphatic carbocycles. The number of rotatable bonds is 12. The van der Waals surface area contributed by atoms with Crippen molar-refractivity contribution >= 4 is 0 Å². The highest BCUT2D eigenvalue weighted by Crippen LogP contribution is 2.36. The number of hydrogen-bond acceptors (Lipinski definition) is 17. The molecular formula is C28H50N10O9. The average Bonchev–Trinajstić information content (AvgIpc) is 3.71. The molecule has 0 spiro atoms. The van der Waals surface area contributed by atoms with E-state index in [1.54, 1.807) is 12.4 Å². The first-order valence-electron chi connectivity index (χ1n) is 16.2. The zero-order valence-corrected chi connectivity index (χ0v) is 26.1. The summed E-state index contributed by atoms with van der Waals surface area (Å²) >= 11 is 0. The quantitative estimate of drug-likeness (QED) is 0.0937. The van der Waals surface area contributed by atoms with Crippen LogP contribution in [0.15, 0.2) is 12.4 Å². The van der Waals surface area contributed by atoms with Gasteiger partial charge in [-0.2, -0.15) is 0 Å². The lowest BCUT2D eigenvalue weighted by Gasteiger charge is -2.40. The molecule has 19 nitrogen and oxygen atoms in total. The Morgan fingerprint density at radius 1 is 0.553 bits per heavy atom. The van der Waals surface area contributed by atoms with E-state index in [2.05, 4.69) is 20.6 Å². The van der Waals surface area contributed by atoms with Crippen molar-refractivity contribution in [2.24, 2.45) is 22.9 Å². The molecular weight excluding hydrogens is 620 g/mol. The second kappa shape index (κ2) is 15.5. The molecule has 0 saturated heterocycles. The Hall–Kier alpha value is -2.24. The van der Waals surface area contributed by atoms with Gasteiger partial charge < -0.3 is 68.2 Å². The van der Waals surface area contributed by atoms with Crippen LogP contribution in [-0.2, 0) is 22.3 Å². The van der Waals surface area contributed by atoms with Gasteiger partial charge >= 0.3 is 0 Å². The number of aromatic nitrogens is 6. The molecule has 19 heteroatoms. The summed E-state index contributed by atoms with van der Waals surface area (Å²) in [4.78, 5) is 0. The van der Waals surface area contributed by atoms with E-state index < -0.39 is 91.2 Å². The van der Waals surface area contributed by atoms with Crippen LogP contribution in [0.1, 0.15) is 55.6 Å². The third-order valence-electron chi connectivity index (χ3n) is 9.72. The normalized spacial score (nSPS) is 41.3. The van der Waals surface area contributed by atoms with Gasteiger partial charge in [0.25, 0.3) is 0 Å². The Morgan fingerprint density at radius 3 is 1.36 bits per heavy atom. The molecule has 1 unspecified atom stereocenters. The first-order chi connectivity index (χ1) is 22.4. The average molecular weight is 671 g/mol. The highest BCUT2D eigenvalue weighted by molar-refractivity contribution is 5.03. The predicted molar refractivity (Wildman–Crippen MR) is 162 cm³/mol. The minimum Gasteiger partial charge on any atom is -0.389 e. The van der Waals surface area contributed by atoms with Gasteiger partial charge in [-0.25, -0.2) is 9.36 Å². The zero-order valence-electron chi connectivity index (χ0n) is 26.1. The van der Waals surface area contributed by atoms with Crippen LogP contribution in [-0.4, -0.2) is 158 Å². The van der Waals surface area contributed by atoms with E-state index in [9.17, 15) is 35.7 Å². The van der Waals surface area contributed by atoms with E-state index in [1.165, 1.54) is 9.36 Å². The third kappa shape index (κ3) is 7.99. The minimum atomic E-state index is -1.48. The number of nitrogens with two attached hydrogens (primary N) is 4. The fraction of sp³-hybridized carbons (Fsp3) is 0.857. The monoisotopic (exact) mass is 670 g/mol. The van der Waals surface area contributed by atoms with Crippen LogP contribution < -0.4 is 22.9 Å². The first kappa shape index (κ1) is 36.1. The molecule has 5 rings (SSSR count). The maximum atomic E-state index is 10.8. The van der Waals surface area contributed by atoms with Crippen LogP contribution in [0.4, 0.5) is 0 Å². The number of hydrogen-bond donors (Lipinski definition) is 11. The fourth-order valence-corrected chi connectivity index (χ4v) is 6.86. The molecule has 15 N–H and O–H groups in total. The lowest BCUT2D eigenvalue weighted by atomic mass is 9.84. The Labute approximate surface area is 271 Å². The van der Waals surface area contributed by atoms with Crippen molar-refractivity contribution in [3.63, 3.8) is 0 Å². The summed E-state index contributed by atoms with van der Waals surface area (Å²) in [5.74, 6) is 0. The standard InChI is InChI=1S/C28H50N10O9/c29-14-7-16(31)27(25(44)20(14)39)46-5-1-3-12-10-37(35-33-12)18-9-19(23(42)24(43)22(18)41)38-11-13(34-36-38)4-2-6-47-28-17(32)8-15(30)21(40)26(28)45/h10-11,14-28,39-45H,1-9,29-32H2/t14-,15-,16+,17+,18-,19+,20+,21+,22+,23-,24?,25-,26-,27-,28-/m1/s1. The summed E-state index contributed by atoms with van der Waals surface area (Å²) in [5, 5.41) is 89.6. The second-order valence-electron chi connectivity index (χ2n) is 13.2. The Balaban J connectivity index is 1.11. The van der Waals surface area contributed by atoms with Gasteiger partial charge in [0.15, 0.2) is 0 Å². The molecule has 0 bridgehead atoms. The molecule has 0 aliphatic heterocycles. The largest absolute Gasteiger partial charge is 0.389 e. The number of aliphatic hydroxyl groups excluding tert-OH is 7. The summed E-state index contributed by atoms with van der Waals surface area (Å²) in [6.45, 7) is 0.496. The number of nitrogens with zero attached hydrogens (tertiary/aromatic N) is 6. The van der Waals surface area contributed by atoms with Gasteiger partial charge in [0.05, 0.1) is 35.7 Å². The Morgan fingerprint density at radius 2 is 0.957 bits per heavy atom. The van der Waals surface area contributed by atoms with Crippen LogP contribution in [0, 0.1) is 0 Å². The van der Waals surface area contributed by atoms with Crippen molar-refractivity contribution in [3.05, 3.63) is 23.8 Å². The first-order valence-corrected chi connectivity index (χ1v) is 16.2. The van der Waals surface area contributed by atoms with E-state index in [1.807, 2.05) is 0 Å². The van der Waals surface area contributed by atoms with Gasteiger partial charge in [0.2, 0.25) is 0 Å². The molecule has 3 fully saturated rings. The van der Waals surface area contributed by atoms with E-state index in [0.29, 0.717) is 49.9 Å². The van der Waals surface area contributed by atoms with Crippen molar-refractivity contribution in [2.45, 2.75) is 136 Å². The van der Waals surface area contributed by atoms with Crippen molar-refractivity contribution < 1.29 is 45.2 Å².